The number of ether oxygens (including phenoxy) is 1. The third-order valence-electron chi connectivity index (χ3n) is 2.91. The number of hydrogen-bond acceptors (Lipinski definition) is 3. The molecule has 0 fully saturated rings. The van der Waals surface area contributed by atoms with Crippen molar-refractivity contribution >= 4 is 10.0 Å². The number of rotatable bonds is 6. The van der Waals surface area contributed by atoms with Gasteiger partial charge in [-0.15, -0.1) is 0 Å². The molecule has 0 heterocycles. The van der Waals surface area contributed by atoms with Crippen LogP contribution in [0, 0.1) is 17.5 Å². The molecular formula is C15H14F3NO3S. The van der Waals surface area contributed by atoms with Crippen molar-refractivity contribution in [3.8, 4) is 5.75 Å². The maximum absolute atomic E-state index is 13.5. The predicted molar refractivity (Wildman–Crippen MR) is 78.0 cm³/mol. The van der Waals surface area contributed by atoms with Crippen LogP contribution in [0.2, 0.25) is 0 Å². The molecule has 0 aliphatic rings. The third-order valence-corrected chi connectivity index (χ3v) is 4.34. The Balaban J connectivity index is 2.06. The molecule has 0 radical (unpaired) electrons. The van der Waals surface area contributed by atoms with Crippen molar-refractivity contribution in [2.75, 3.05) is 6.54 Å². The largest absolute Gasteiger partial charge is 0.489 e. The Morgan fingerprint density at radius 1 is 1.04 bits per heavy atom. The van der Waals surface area contributed by atoms with Gasteiger partial charge >= 0.3 is 0 Å². The van der Waals surface area contributed by atoms with Crippen LogP contribution in [-0.2, 0) is 10.0 Å². The molecule has 0 bridgehead atoms. The van der Waals surface area contributed by atoms with Crippen LogP contribution in [0.15, 0.2) is 47.4 Å². The summed E-state index contributed by atoms with van der Waals surface area (Å²) in [5, 5.41) is 0. The van der Waals surface area contributed by atoms with Crippen molar-refractivity contribution < 1.29 is 26.3 Å². The van der Waals surface area contributed by atoms with Crippen LogP contribution >= 0.6 is 0 Å². The van der Waals surface area contributed by atoms with Crippen LogP contribution in [0.3, 0.4) is 0 Å². The second kappa shape index (κ2) is 7.01. The van der Waals surface area contributed by atoms with E-state index >= 15 is 0 Å². The Kier molecular flexibility index (Phi) is 5.27. The standard InChI is InChI=1S/C15H14F3NO3S/c1-10(22-11-5-3-2-4-6-11)9-19-23(20,21)15-8-13(17)12(16)7-14(15)18/h2-8,10,19H,9H2,1H3. The summed E-state index contributed by atoms with van der Waals surface area (Å²) in [5.41, 5.74) is 0. The molecule has 8 heteroatoms. The average molecular weight is 345 g/mol. The van der Waals surface area contributed by atoms with Gasteiger partial charge in [-0.2, -0.15) is 0 Å². The molecule has 2 aromatic rings. The Bertz CT molecular complexity index is 782. The normalized spacial score (nSPS) is 12.9. The van der Waals surface area contributed by atoms with Crippen LogP contribution < -0.4 is 9.46 Å². The summed E-state index contributed by atoms with van der Waals surface area (Å²) in [6.07, 6.45) is -0.555. The van der Waals surface area contributed by atoms with Gasteiger partial charge in [-0.3, -0.25) is 0 Å². The fourth-order valence-electron chi connectivity index (χ4n) is 1.79. The molecule has 1 N–H and O–H groups in total. The second-order valence-electron chi connectivity index (χ2n) is 4.79. The van der Waals surface area contributed by atoms with Gasteiger partial charge in [0.2, 0.25) is 10.0 Å². The number of nitrogens with one attached hydrogen (secondary N) is 1. The zero-order valence-corrected chi connectivity index (χ0v) is 12.9. The quantitative estimate of drug-likeness (QED) is 0.819. The van der Waals surface area contributed by atoms with Gasteiger partial charge in [-0.1, -0.05) is 18.2 Å². The molecule has 0 aliphatic carbocycles. The highest BCUT2D eigenvalue weighted by atomic mass is 32.2. The lowest BCUT2D eigenvalue weighted by Gasteiger charge is -2.15. The summed E-state index contributed by atoms with van der Waals surface area (Å²) in [5.74, 6) is -3.73. The highest BCUT2D eigenvalue weighted by molar-refractivity contribution is 7.89. The summed E-state index contributed by atoms with van der Waals surface area (Å²) < 4.78 is 71.0. The molecule has 4 nitrogen and oxygen atoms in total. The van der Waals surface area contributed by atoms with E-state index in [9.17, 15) is 21.6 Å². The van der Waals surface area contributed by atoms with Gasteiger partial charge in [0, 0.05) is 12.6 Å². The van der Waals surface area contributed by atoms with Gasteiger partial charge in [-0.25, -0.2) is 26.3 Å². The number of benzene rings is 2. The lowest BCUT2D eigenvalue weighted by molar-refractivity contribution is 0.225. The Labute approximate surface area is 132 Å². The van der Waals surface area contributed by atoms with Crippen molar-refractivity contribution in [2.24, 2.45) is 0 Å². The van der Waals surface area contributed by atoms with Crippen LogP contribution in [0.1, 0.15) is 6.92 Å². The fourth-order valence-corrected chi connectivity index (χ4v) is 2.97. The maximum atomic E-state index is 13.5. The van der Waals surface area contributed by atoms with E-state index in [-0.39, 0.29) is 12.6 Å². The molecule has 0 amide bonds. The van der Waals surface area contributed by atoms with Gasteiger partial charge < -0.3 is 4.74 Å². The first kappa shape index (κ1) is 17.3. The molecule has 0 saturated heterocycles. The highest BCUT2D eigenvalue weighted by Gasteiger charge is 2.22. The summed E-state index contributed by atoms with van der Waals surface area (Å²) in [4.78, 5) is -0.955. The fraction of sp³-hybridized carbons (Fsp3) is 0.200. The van der Waals surface area contributed by atoms with Crippen molar-refractivity contribution in [1.82, 2.24) is 4.72 Å². The van der Waals surface area contributed by atoms with E-state index in [0.717, 1.165) is 0 Å². The molecule has 23 heavy (non-hydrogen) atoms. The van der Waals surface area contributed by atoms with Crippen LogP contribution in [0.5, 0.6) is 5.75 Å². The number of sulfonamides is 1. The number of halogens is 3. The van der Waals surface area contributed by atoms with Crippen LogP contribution in [0.4, 0.5) is 13.2 Å². The topological polar surface area (TPSA) is 55.4 Å². The molecule has 2 aromatic carbocycles. The predicted octanol–water partition coefficient (Wildman–Crippen LogP) is 2.85. The lowest BCUT2D eigenvalue weighted by Crippen LogP contribution is -2.34. The van der Waals surface area contributed by atoms with Gasteiger partial charge in [0.1, 0.15) is 22.6 Å². The lowest BCUT2D eigenvalue weighted by atomic mass is 10.3. The van der Waals surface area contributed by atoms with Crippen molar-refractivity contribution in [2.45, 2.75) is 17.9 Å². The Hall–Kier alpha value is -2.06. The minimum absolute atomic E-state index is 0.171. The average Bonchev–Trinajstić information content (AvgIpc) is 2.50. The van der Waals surface area contributed by atoms with E-state index in [4.69, 9.17) is 4.74 Å². The molecule has 1 atom stereocenters. The van der Waals surface area contributed by atoms with E-state index in [1.54, 1.807) is 37.3 Å². The van der Waals surface area contributed by atoms with E-state index < -0.39 is 38.5 Å². The van der Waals surface area contributed by atoms with Crippen LogP contribution in [0.25, 0.3) is 0 Å². The molecule has 0 aliphatic heterocycles. The maximum Gasteiger partial charge on any atom is 0.243 e. The van der Waals surface area contributed by atoms with E-state index in [1.165, 1.54) is 0 Å². The van der Waals surface area contributed by atoms with Crippen molar-refractivity contribution in [3.05, 3.63) is 59.9 Å². The van der Waals surface area contributed by atoms with E-state index in [0.29, 0.717) is 11.8 Å². The van der Waals surface area contributed by atoms with Crippen molar-refractivity contribution in [3.63, 3.8) is 0 Å². The van der Waals surface area contributed by atoms with Gasteiger partial charge in [0.05, 0.1) is 0 Å². The highest BCUT2D eigenvalue weighted by Crippen LogP contribution is 2.18. The van der Waals surface area contributed by atoms with Gasteiger partial charge in [0.15, 0.2) is 11.6 Å². The van der Waals surface area contributed by atoms with E-state index in [2.05, 4.69) is 4.72 Å². The summed E-state index contributed by atoms with van der Waals surface area (Å²) in [6, 6.07) is 9.18. The van der Waals surface area contributed by atoms with Crippen molar-refractivity contribution in [1.29, 1.82) is 0 Å². The molecule has 1 unspecified atom stereocenters. The first-order chi connectivity index (χ1) is 10.8. The molecule has 2 rings (SSSR count). The third kappa shape index (κ3) is 4.46. The second-order valence-corrected chi connectivity index (χ2v) is 6.53. The summed E-state index contributed by atoms with van der Waals surface area (Å²) in [7, 11) is -4.33. The molecule has 0 spiro atoms. The van der Waals surface area contributed by atoms with Gasteiger partial charge in [0.25, 0.3) is 0 Å². The first-order valence-corrected chi connectivity index (χ1v) is 8.14. The summed E-state index contributed by atoms with van der Waals surface area (Å²) >= 11 is 0. The molecule has 0 aromatic heterocycles. The minimum Gasteiger partial charge on any atom is -0.489 e. The summed E-state index contributed by atoms with van der Waals surface area (Å²) in [6.45, 7) is 1.44. The number of para-hydroxylation sites is 1. The SMILES string of the molecule is CC(CNS(=O)(=O)c1cc(F)c(F)cc1F)Oc1ccccc1. The monoisotopic (exact) mass is 345 g/mol. The van der Waals surface area contributed by atoms with Gasteiger partial charge in [-0.05, 0) is 25.1 Å². The Morgan fingerprint density at radius 3 is 2.30 bits per heavy atom. The Morgan fingerprint density at radius 2 is 1.65 bits per heavy atom. The zero-order chi connectivity index (χ0) is 17.0. The smallest absolute Gasteiger partial charge is 0.243 e. The minimum atomic E-state index is -4.33. The van der Waals surface area contributed by atoms with E-state index in [1.807, 2.05) is 0 Å². The molecular weight excluding hydrogens is 331 g/mol. The van der Waals surface area contributed by atoms with Crippen LogP contribution in [-0.4, -0.2) is 21.1 Å². The molecule has 124 valence electrons. The zero-order valence-electron chi connectivity index (χ0n) is 12.1. The molecule has 0 saturated carbocycles. The number of hydrogen-bond donors (Lipinski definition) is 1. The first-order valence-electron chi connectivity index (χ1n) is 6.65.